The topological polar surface area (TPSA) is 63.6 Å². The highest BCUT2D eigenvalue weighted by Crippen LogP contribution is 2.30. The maximum Gasteiger partial charge on any atom is 0.158 e. The van der Waals surface area contributed by atoms with Gasteiger partial charge in [-0.05, 0) is 48.7 Å². The van der Waals surface area contributed by atoms with E-state index < -0.39 is 16.6 Å². The number of hydroxylamine groups is 1. The molecular weight excluding hydrogens is 508 g/mol. The van der Waals surface area contributed by atoms with Crippen molar-refractivity contribution in [3.8, 4) is 0 Å². The lowest BCUT2D eigenvalue weighted by Crippen LogP contribution is -2.37. The van der Waals surface area contributed by atoms with Crippen LogP contribution in [0.1, 0.15) is 16.7 Å². The predicted molar refractivity (Wildman–Crippen MR) is 137 cm³/mol. The fourth-order valence-corrected chi connectivity index (χ4v) is 5.79. The molecule has 9 heteroatoms. The maximum atomic E-state index is 14.8. The summed E-state index contributed by atoms with van der Waals surface area (Å²) < 4.78 is 28.4. The van der Waals surface area contributed by atoms with Gasteiger partial charge >= 0.3 is 0 Å². The zero-order chi connectivity index (χ0) is 24.5. The van der Waals surface area contributed by atoms with Gasteiger partial charge in [-0.1, -0.05) is 59.6 Å². The molecule has 0 spiro atoms. The number of rotatable bonds is 5. The van der Waals surface area contributed by atoms with Crippen molar-refractivity contribution in [2.45, 2.75) is 29.2 Å². The van der Waals surface area contributed by atoms with Crippen LogP contribution in [0.3, 0.4) is 0 Å². The van der Waals surface area contributed by atoms with Crippen LogP contribution in [0.15, 0.2) is 81.6 Å². The third-order valence-corrected chi connectivity index (χ3v) is 7.78. The summed E-state index contributed by atoms with van der Waals surface area (Å²) in [6, 6.07) is 17.5. The van der Waals surface area contributed by atoms with Gasteiger partial charge < -0.3 is 0 Å². The Kier molecular flexibility index (Phi) is 6.84. The number of halogens is 3. The Morgan fingerprint density at radius 2 is 1.91 bits per heavy atom. The van der Waals surface area contributed by atoms with Gasteiger partial charge in [-0.15, -0.1) is 0 Å². The van der Waals surface area contributed by atoms with Crippen LogP contribution in [0, 0.1) is 12.7 Å². The highest BCUT2D eigenvalue weighted by atomic mass is 35.5. The number of nitrogens with one attached hydrogen (secondary N) is 1. The molecule has 1 aliphatic heterocycles. The Morgan fingerprint density at radius 1 is 1.09 bits per heavy atom. The molecule has 0 bridgehead atoms. The normalized spacial score (nSPS) is 16.6. The first-order valence-corrected chi connectivity index (χ1v) is 12.8. The second kappa shape index (κ2) is 10.0. The van der Waals surface area contributed by atoms with E-state index in [0.717, 1.165) is 11.1 Å². The summed E-state index contributed by atoms with van der Waals surface area (Å²) in [6.45, 7) is 2.32. The van der Waals surface area contributed by atoms with Crippen molar-refractivity contribution in [3.05, 3.63) is 99.4 Å². The second-order valence-corrected chi connectivity index (χ2v) is 10.4. The molecule has 1 N–H and O–H groups in total. The molecule has 2 heterocycles. The molecule has 2 atom stereocenters. The van der Waals surface area contributed by atoms with Gasteiger partial charge in [0.15, 0.2) is 11.7 Å². The smallest absolute Gasteiger partial charge is 0.158 e. The number of benzene rings is 3. The van der Waals surface area contributed by atoms with Gasteiger partial charge in [-0.25, -0.2) is 14.1 Å². The number of aliphatic imine (C=N–C) groups is 1. The van der Waals surface area contributed by atoms with Crippen LogP contribution in [-0.2, 0) is 22.1 Å². The van der Waals surface area contributed by atoms with Gasteiger partial charge in [0.2, 0.25) is 0 Å². The molecule has 4 aromatic rings. The molecule has 0 aliphatic carbocycles. The lowest BCUT2D eigenvalue weighted by Gasteiger charge is -2.24. The number of hydrogen-bond acceptors (Lipinski definition) is 5. The lowest BCUT2D eigenvalue weighted by molar-refractivity contribution is 0.0624. The zero-order valence-corrected chi connectivity index (χ0v) is 20.9. The van der Waals surface area contributed by atoms with Crippen LogP contribution in [0.5, 0.6) is 0 Å². The first-order chi connectivity index (χ1) is 16.9. The largest absolute Gasteiger partial charge is 0.272 e. The van der Waals surface area contributed by atoms with Crippen molar-refractivity contribution in [1.82, 2.24) is 10.5 Å². The number of aromatic nitrogens is 1. The number of nitrogens with zero attached hydrogens (tertiary/aromatic N) is 2. The SMILES string of the molecule is Cc1ccc(CC2CONC(c3c(S(=O)c4cccc(Cl)c4F)cnc4ccccc34)=N2)c(Cl)c1. The molecule has 2 unspecified atom stereocenters. The summed E-state index contributed by atoms with van der Waals surface area (Å²) in [5.74, 6) is -0.331. The zero-order valence-electron chi connectivity index (χ0n) is 18.6. The van der Waals surface area contributed by atoms with Crippen molar-refractivity contribution in [2.24, 2.45) is 4.99 Å². The quantitative estimate of drug-likeness (QED) is 0.343. The molecule has 0 radical (unpaired) electrons. The Hall–Kier alpha value is -2.84. The molecule has 0 saturated heterocycles. The molecule has 35 heavy (non-hydrogen) atoms. The molecular formula is C26H20Cl2FN3O2S. The standard InChI is InChI=1S/C26H20Cl2FN3O2S/c1-15-9-10-16(20(28)11-15)12-17-14-34-32-26(31-17)24-18-5-2-3-7-21(18)30-13-23(24)35(33)22-8-4-6-19(27)25(22)29/h2-11,13,17H,12,14H2,1H3,(H,31,32). The fourth-order valence-electron chi connectivity index (χ4n) is 4.00. The highest BCUT2D eigenvalue weighted by Gasteiger charge is 2.26. The minimum atomic E-state index is -1.91. The second-order valence-electron chi connectivity index (χ2n) is 8.18. The monoisotopic (exact) mass is 527 g/mol. The van der Waals surface area contributed by atoms with Gasteiger partial charge in [0.25, 0.3) is 0 Å². The van der Waals surface area contributed by atoms with Gasteiger partial charge in [0.05, 0.1) is 43.8 Å². The first-order valence-electron chi connectivity index (χ1n) is 10.9. The average Bonchev–Trinajstić information content (AvgIpc) is 2.86. The van der Waals surface area contributed by atoms with E-state index in [0.29, 0.717) is 45.2 Å². The summed E-state index contributed by atoms with van der Waals surface area (Å²) in [6.07, 6.45) is 2.05. The van der Waals surface area contributed by atoms with E-state index in [9.17, 15) is 8.60 Å². The van der Waals surface area contributed by atoms with E-state index >= 15 is 0 Å². The average molecular weight is 528 g/mol. The van der Waals surface area contributed by atoms with Crippen LogP contribution in [0.4, 0.5) is 4.39 Å². The van der Waals surface area contributed by atoms with E-state index in [4.69, 9.17) is 33.0 Å². The first kappa shape index (κ1) is 23.9. The summed E-state index contributed by atoms with van der Waals surface area (Å²) in [5, 5.41) is 1.29. The van der Waals surface area contributed by atoms with E-state index in [2.05, 4.69) is 10.5 Å². The lowest BCUT2D eigenvalue weighted by atomic mass is 10.0. The van der Waals surface area contributed by atoms with E-state index in [1.165, 1.54) is 18.3 Å². The van der Waals surface area contributed by atoms with Crippen molar-refractivity contribution < 1.29 is 13.4 Å². The van der Waals surface area contributed by atoms with Crippen LogP contribution < -0.4 is 5.48 Å². The minimum absolute atomic E-state index is 0.0313. The number of para-hydroxylation sites is 1. The van der Waals surface area contributed by atoms with Crippen molar-refractivity contribution in [3.63, 3.8) is 0 Å². The predicted octanol–water partition coefficient (Wildman–Crippen LogP) is 6.05. The molecule has 1 aliphatic rings. The molecule has 1 aromatic heterocycles. The minimum Gasteiger partial charge on any atom is -0.272 e. The summed E-state index contributed by atoms with van der Waals surface area (Å²) in [7, 11) is -1.91. The number of hydrogen-bond donors (Lipinski definition) is 1. The summed E-state index contributed by atoms with van der Waals surface area (Å²) in [4.78, 5) is 15.3. The molecule has 178 valence electrons. The molecule has 5 nitrogen and oxygen atoms in total. The highest BCUT2D eigenvalue weighted by molar-refractivity contribution is 7.85. The third kappa shape index (κ3) is 4.82. The van der Waals surface area contributed by atoms with Crippen molar-refractivity contribution in [2.75, 3.05) is 6.61 Å². The van der Waals surface area contributed by atoms with Gasteiger partial charge in [-0.3, -0.25) is 14.8 Å². The third-order valence-electron chi connectivity index (χ3n) is 5.71. The van der Waals surface area contributed by atoms with Crippen molar-refractivity contribution in [1.29, 1.82) is 0 Å². The fraction of sp³-hybridized carbons (Fsp3) is 0.154. The van der Waals surface area contributed by atoms with Crippen LogP contribution >= 0.6 is 23.2 Å². The number of fused-ring (bicyclic) bond motifs is 1. The molecule has 5 rings (SSSR count). The van der Waals surface area contributed by atoms with E-state index in [-0.39, 0.29) is 16.0 Å². The molecule has 0 saturated carbocycles. The van der Waals surface area contributed by atoms with Gasteiger partial charge in [0.1, 0.15) is 0 Å². The van der Waals surface area contributed by atoms with Gasteiger partial charge in [-0.2, -0.15) is 0 Å². The Labute approximate surface area is 214 Å². The summed E-state index contributed by atoms with van der Waals surface area (Å²) >= 11 is 12.4. The Morgan fingerprint density at radius 3 is 2.74 bits per heavy atom. The van der Waals surface area contributed by atoms with E-state index in [1.54, 1.807) is 6.07 Å². The number of amidine groups is 1. The molecule has 3 aromatic carbocycles. The van der Waals surface area contributed by atoms with Crippen LogP contribution in [0.25, 0.3) is 10.9 Å². The van der Waals surface area contributed by atoms with Gasteiger partial charge in [0, 0.05) is 22.2 Å². The number of aryl methyl sites for hydroxylation is 1. The van der Waals surface area contributed by atoms with E-state index in [1.807, 2.05) is 49.4 Å². The van der Waals surface area contributed by atoms with Crippen molar-refractivity contribution >= 4 is 50.7 Å². The summed E-state index contributed by atoms with van der Waals surface area (Å²) in [5.41, 5.74) is 6.13. The Bertz CT molecular complexity index is 1500. The molecule has 0 amide bonds. The maximum absolute atomic E-state index is 14.8. The molecule has 0 fully saturated rings. The van der Waals surface area contributed by atoms with Crippen LogP contribution in [-0.4, -0.2) is 27.7 Å². The Balaban J connectivity index is 1.61. The number of pyridine rings is 1. The van der Waals surface area contributed by atoms with Crippen LogP contribution in [0.2, 0.25) is 10.0 Å².